The molecule has 174 valence electrons. The molecule has 32 heavy (non-hydrogen) atoms. The van der Waals surface area contributed by atoms with Crippen molar-refractivity contribution in [2.24, 2.45) is 0 Å². The van der Waals surface area contributed by atoms with Gasteiger partial charge in [-0.25, -0.2) is 4.79 Å². The monoisotopic (exact) mass is 461 g/mol. The number of carbonyl (C=O) groups excluding carboxylic acids is 3. The van der Waals surface area contributed by atoms with Gasteiger partial charge in [0.05, 0.1) is 30.7 Å². The van der Waals surface area contributed by atoms with Gasteiger partial charge in [-0.15, -0.1) is 11.3 Å². The molecule has 2 N–H and O–H groups in total. The lowest BCUT2D eigenvalue weighted by Crippen LogP contribution is -2.30. The second kappa shape index (κ2) is 11.1. The molecule has 0 unspecified atom stereocenters. The van der Waals surface area contributed by atoms with E-state index in [2.05, 4.69) is 10.6 Å². The highest BCUT2D eigenvalue weighted by molar-refractivity contribution is 7.18. The molecular formula is C23H31N3O5S. The fraction of sp³-hybridized carbons (Fsp3) is 0.435. The summed E-state index contributed by atoms with van der Waals surface area (Å²) in [5.74, 6) is -0.310. The Balaban J connectivity index is 2.16. The van der Waals surface area contributed by atoms with E-state index in [9.17, 15) is 14.4 Å². The summed E-state index contributed by atoms with van der Waals surface area (Å²) in [7, 11) is 5.01. The number of benzene rings is 1. The predicted octanol–water partition coefficient (Wildman–Crippen LogP) is 3.29. The number of carbonyl (C=O) groups is 3. The summed E-state index contributed by atoms with van der Waals surface area (Å²) in [5.41, 5.74) is 3.84. The fourth-order valence-corrected chi connectivity index (χ4v) is 4.77. The van der Waals surface area contributed by atoms with Crippen LogP contribution in [0, 0.1) is 20.8 Å². The Labute approximate surface area is 192 Å². The number of likely N-dealkylation sites (N-methyl/N-ethyl adjacent to an activating group) is 1. The second-order valence-corrected chi connectivity index (χ2v) is 8.56. The zero-order chi connectivity index (χ0) is 24.0. The molecule has 0 aliphatic carbocycles. The molecule has 1 heterocycles. The van der Waals surface area contributed by atoms with Gasteiger partial charge in [-0.05, 0) is 57.0 Å². The largest absolute Gasteiger partial charge is 0.496 e. The third-order valence-corrected chi connectivity index (χ3v) is 6.11. The quantitative estimate of drug-likeness (QED) is 0.556. The van der Waals surface area contributed by atoms with Gasteiger partial charge < -0.3 is 20.1 Å². The van der Waals surface area contributed by atoms with Crippen molar-refractivity contribution in [2.75, 3.05) is 39.7 Å². The summed E-state index contributed by atoms with van der Waals surface area (Å²) in [6.45, 7) is 8.22. The van der Waals surface area contributed by atoms with Crippen molar-refractivity contribution in [1.82, 2.24) is 10.2 Å². The molecule has 2 aromatic rings. The van der Waals surface area contributed by atoms with Crippen LogP contribution in [0.5, 0.6) is 5.75 Å². The van der Waals surface area contributed by atoms with Crippen LogP contribution in [0.2, 0.25) is 0 Å². The summed E-state index contributed by atoms with van der Waals surface area (Å²) in [5, 5.41) is 5.65. The van der Waals surface area contributed by atoms with E-state index in [1.165, 1.54) is 7.05 Å². The average Bonchev–Trinajstić information content (AvgIpc) is 3.02. The lowest BCUT2D eigenvalue weighted by atomic mass is 10.1. The lowest BCUT2D eigenvalue weighted by molar-refractivity contribution is -0.117. The van der Waals surface area contributed by atoms with Crippen molar-refractivity contribution in [3.63, 3.8) is 0 Å². The first kappa shape index (κ1) is 25.4. The van der Waals surface area contributed by atoms with Crippen LogP contribution >= 0.6 is 11.3 Å². The first-order chi connectivity index (χ1) is 15.1. The average molecular weight is 462 g/mol. The zero-order valence-electron chi connectivity index (χ0n) is 19.7. The number of ether oxygens (including phenoxy) is 2. The molecular weight excluding hydrogens is 430 g/mol. The van der Waals surface area contributed by atoms with E-state index in [4.69, 9.17) is 9.47 Å². The number of amides is 2. The van der Waals surface area contributed by atoms with Gasteiger partial charge in [0.25, 0.3) is 5.91 Å². The molecule has 0 bridgehead atoms. The molecule has 2 rings (SSSR count). The molecule has 1 aromatic carbocycles. The number of nitrogens with zero attached hydrogens (tertiary/aromatic N) is 1. The fourth-order valence-electron chi connectivity index (χ4n) is 3.61. The summed E-state index contributed by atoms with van der Waals surface area (Å²) in [6, 6.07) is 4.08. The van der Waals surface area contributed by atoms with Gasteiger partial charge in [0, 0.05) is 13.6 Å². The third-order valence-electron chi connectivity index (χ3n) is 4.90. The van der Waals surface area contributed by atoms with Gasteiger partial charge >= 0.3 is 5.97 Å². The minimum Gasteiger partial charge on any atom is -0.496 e. The van der Waals surface area contributed by atoms with E-state index in [0.717, 1.165) is 33.8 Å². The molecule has 9 heteroatoms. The highest BCUT2D eigenvalue weighted by atomic mass is 32.1. The first-order valence-electron chi connectivity index (χ1n) is 10.3. The SMILES string of the molecule is CCOC(=O)c1c(NC(=O)CN(C)Cc2cc(C)c(OC)c(C)c2)sc(C(=O)NC)c1C. The molecule has 0 radical (unpaired) electrons. The number of aryl methyl sites for hydroxylation is 2. The molecule has 0 atom stereocenters. The van der Waals surface area contributed by atoms with E-state index in [-0.39, 0.29) is 30.5 Å². The van der Waals surface area contributed by atoms with E-state index < -0.39 is 5.97 Å². The normalized spacial score (nSPS) is 10.8. The molecule has 0 saturated heterocycles. The minimum absolute atomic E-state index is 0.110. The smallest absolute Gasteiger partial charge is 0.341 e. The number of thiophene rings is 1. The van der Waals surface area contributed by atoms with Crippen molar-refractivity contribution in [3.05, 3.63) is 44.8 Å². The molecule has 2 amide bonds. The number of hydrogen-bond donors (Lipinski definition) is 2. The van der Waals surface area contributed by atoms with Crippen LogP contribution in [0.25, 0.3) is 0 Å². The van der Waals surface area contributed by atoms with Gasteiger partial charge in [0.15, 0.2) is 0 Å². The zero-order valence-corrected chi connectivity index (χ0v) is 20.5. The van der Waals surface area contributed by atoms with Crippen LogP contribution in [-0.4, -0.2) is 57.0 Å². The number of hydrogen-bond acceptors (Lipinski definition) is 7. The van der Waals surface area contributed by atoms with Crippen molar-refractivity contribution < 1.29 is 23.9 Å². The molecule has 0 fully saturated rings. The summed E-state index contributed by atoms with van der Waals surface area (Å²) in [6.07, 6.45) is 0. The minimum atomic E-state index is -0.566. The molecule has 1 aromatic heterocycles. The van der Waals surface area contributed by atoms with Gasteiger partial charge in [-0.1, -0.05) is 12.1 Å². The second-order valence-electron chi connectivity index (χ2n) is 7.54. The number of methoxy groups -OCH3 is 1. The maximum atomic E-state index is 12.7. The Bertz CT molecular complexity index is 992. The molecule has 0 aliphatic rings. The van der Waals surface area contributed by atoms with Crippen LogP contribution in [0.3, 0.4) is 0 Å². The van der Waals surface area contributed by atoms with Crippen LogP contribution in [0.4, 0.5) is 5.00 Å². The first-order valence-corrected chi connectivity index (χ1v) is 11.1. The predicted molar refractivity (Wildman–Crippen MR) is 126 cm³/mol. The Kier molecular flexibility index (Phi) is 8.80. The maximum Gasteiger partial charge on any atom is 0.341 e. The van der Waals surface area contributed by atoms with Gasteiger partial charge in [0.2, 0.25) is 5.91 Å². The van der Waals surface area contributed by atoms with E-state index in [1.54, 1.807) is 21.0 Å². The topological polar surface area (TPSA) is 97.0 Å². The van der Waals surface area contributed by atoms with E-state index in [0.29, 0.717) is 22.0 Å². The van der Waals surface area contributed by atoms with Crippen LogP contribution in [0.1, 0.15) is 49.2 Å². The standard InChI is InChI=1S/C23H31N3O5S/c1-8-31-23(29)18-15(4)20(21(28)24-5)32-22(18)25-17(27)12-26(6)11-16-9-13(2)19(30-7)14(3)10-16/h9-10H,8,11-12H2,1-7H3,(H,24,28)(H,25,27). The molecule has 8 nitrogen and oxygen atoms in total. The summed E-state index contributed by atoms with van der Waals surface area (Å²) in [4.78, 5) is 39.6. The third kappa shape index (κ3) is 5.86. The van der Waals surface area contributed by atoms with E-state index >= 15 is 0 Å². The number of anilines is 1. The van der Waals surface area contributed by atoms with Gasteiger partial charge in [-0.2, -0.15) is 0 Å². The lowest BCUT2D eigenvalue weighted by Gasteiger charge is -2.18. The van der Waals surface area contributed by atoms with E-state index in [1.807, 2.05) is 37.9 Å². The highest BCUT2D eigenvalue weighted by Crippen LogP contribution is 2.34. The number of nitrogens with one attached hydrogen (secondary N) is 2. The Hall–Kier alpha value is -2.91. The van der Waals surface area contributed by atoms with Gasteiger partial charge in [0.1, 0.15) is 10.8 Å². The Morgan fingerprint density at radius 3 is 2.28 bits per heavy atom. The highest BCUT2D eigenvalue weighted by Gasteiger charge is 2.26. The molecule has 0 saturated carbocycles. The Morgan fingerprint density at radius 1 is 1.12 bits per heavy atom. The molecule has 0 spiro atoms. The van der Waals surface area contributed by atoms with Crippen LogP contribution in [0.15, 0.2) is 12.1 Å². The van der Waals surface area contributed by atoms with Crippen LogP contribution in [-0.2, 0) is 16.1 Å². The maximum absolute atomic E-state index is 12.7. The number of esters is 1. The summed E-state index contributed by atoms with van der Waals surface area (Å²) < 4.78 is 10.5. The molecule has 0 aliphatic heterocycles. The van der Waals surface area contributed by atoms with Crippen molar-refractivity contribution in [1.29, 1.82) is 0 Å². The summed E-state index contributed by atoms with van der Waals surface area (Å²) >= 11 is 1.06. The van der Waals surface area contributed by atoms with Crippen LogP contribution < -0.4 is 15.4 Å². The van der Waals surface area contributed by atoms with Crippen molar-refractivity contribution >= 4 is 34.1 Å². The Morgan fingerprint density at radius 2 is 1.75 bits per heavy atom. The van der Waals surface area contributed by atoms with Gasteiger partial charge in [-0.3, -0.25) is 14.5 Å². The van der Waals surface area contributed by atoms with Crippen molar-refractivity contribution in [2.45, 2.75) is 34.2 Å². The number of rotatable bonds is 9. The van der Waals surface area contributed by atoms with Crippen molar-refractivity contribution in [3.8, 4) is 5.75 Å².